The molecule has 0 amide bonds. The van der Waals surface area contributed by atoms with Gasteiger partial charge in [-0.3, -0.25) is 0 Å². The molecule has 1 rings (SSSR count). The van der Waals surface area contributed by atoms with Crippen LogP contribution in [0.15, 0.2) is 24.3 Å². The van der Waals surface area contributed by atoms with E-state index in [2.05, 4.69) is 44.3 Å². The van der Waals surface area contributed by atoms with Crippen molar-refractivity contribution in [2.45, 2.75) is 46.5 Å². The number of benzene rings is 1. The molecular formula is C17H29NO. The van der Waals surface area contributed by atoms with Crippen molar-refractivity contribution < 1.29 is 4.74 Å². The van der Waals surface area contributed by atoms with Gasteiger partial charge in [0.25, 0.3) is 0 Å². The average Bonchev–Trinajstić information content (AvgIpc) is 2.41. The highest BCUT2D eigenvalue weighted by Crippen LogP contribution is 2.14. The lowest BCUT2D eigenvalue weighted by Gasteiger charge is -2.08. The van der Waals surface area contributed by atoms with Crippen molar-refractivity contribution in [3.8, 4) is 5.75 Å². The highest BCUT2D eigenvalue weighted by molar-refractivity contribution is 5.28. The van der Waals surface area contributed by atoms with Crippen LogP contribution in [0.3, 0.4) is 0 Å². The molecular weight excluding hydrogens is 234 g/mol. The highest BCUT2D eigenvalue weighted by Gasteiger charge is 1.96. The Bertz CT molecular complexity index is 336. The summed E-state index contributed by atoms with van der Waals surface area (Å²) in [6.45, 7) is 9.74. The molecule has 0 bridgehead atoms. The van der Waals surface area contributed by atoms with E-state index >= 15 is 0 Å². The topological polar surface area (TPSA) is 21.3 Å². The molecule has 0 radical (unpaired) electrons. The van der Waals surface area contributed by atoms with Crippen molar-refractivity contribution in [1.82, 2.24) is 5.32 Å². The summed E-state index contributed by atoms with van der Waals surface area (Å²) in [4.78, 5) is 0. The molecule has 2 heteroatoms. The lowest BCUT2D eigenvalue weighted by atomic mass is 10.2. The molecule has 0 saturated carbocycles. The summed E-state index contributed by atoms with van der Waals surface area (Å²) in [6, 6.07) is 8.41. The predicted octanol–water partition coefficient (Wildman–Crippen LogP) is 4.04. The molecule has 0 aliphatic rings. The first-order chi connectivity index (χ1) is 9.22. The molecule has 0 fully saturated rings. The largest absolute Gasteiger partial charge is 0.494 e. The third kappa shape index (κ3) is 7.89. The van der Waals surface area contributed by atoms with Crippen LogP contribution in [0, 0.1) is 5.92 Å². The van der Waals surface area contributed by atoms with Crippen LogP contribution in [-0.2, 0) is 6.42 Å². The normalized spacial score (nSPS) is 10.9. The van der Waals surface area contributed by atoms with Gasteiger partial charge in [-0.05, 0) is 62.4 Å². The number of hydrogen-bond acceptors (Lipinski definition) is 2. The van der Waals surface area contributed by atoms with Crippen LogP contribution in [0.5, 0.6) is 5.75 Å². The first-order valence-corrected chi connectivity index (χ1v) is 7.64. The van der Waals surface area contributed by atoms with Crippen molar-refractivity contribution in [1.29, 1.82) is 0 Å². The van der Waals surface area contributed by atoms with Crippen LogP contribution in [0.2, 0.25) is 0 Å². The Balaban J connectivity index is 2.01. The molecule has 1 aromatic rings. The van der Waals surface area contributed by atoms with Crippen LogP contribution in [0.25, 0.3) is 0 Å². The fourth-order valence-electron chi connectivity index (χ4n) is 1.96. The van der Waals surface area contributed by atoms with Crippen LogP contribution in [0.4, 0.5) is 0 Å². The second-order valence-corrected chi connectivity index (χ2v) is 5.51. The lowest BCUT2D eigenvalue weighted by molar-refractivity contribution is 0.304. The van der Waals surface area contributed by atoms with Crippen LogP contribution < -0.4 is 10.1 Å². The van der Waals surface area contributed by atoms with E-state index in [1.54, 1.807) is 0 Å². The Morgan fingerprint density at radius 1 is 1.16 bits per heavy atom. The molecule has 0 aliphatic carbocycles. The van der Waals surface area contributed by atoms with E-state index in [0.29, 0.717) is 0 Å². The number of ether oxygens (including phenoxy) is 1. The summed E-state index contributed by atoms with van der Waals surface area (Å²) >= 11 is 0. The average molecular weight is 263 g/mol. The molecule has 0 aromatic heterocycles. The van der Waals surface area contributed by atoms with E-state index in [1.165, 1.54) is 18.4 Å². The Kier molecular flexibility index (Phi) is 8.31. The molecule has 0 heterocycles. The van der Waals surface area contributed by atoms with Gasteiger partial charge < -0.3 is 10.1 Å². The number of hydrogen-bond donors (Lipinski definition) is 1. The quantitative estimate of drug-likeness (QED) is 0.643. The fourth-order valence-corrected chi connectivity index (χ4v) is 1.96. The van der Waals surface area contributed by atoms with Gasteiger partial charge in [0.05, 0.1) is 6.61 Å². The van der Waals surface area contributed by atoms with Crippen molar-refractivity contribution in [2.24, 2.45) is 5.92 Å². The Morgan fingerprint density at radius 2 is 2.00 bits per heavy atom. The molecule has 0 unspecified atom stereocenters. The van der Waals surface area contributed by atoms with Gasteiger partial charge in [0.2, 0.25) is 0 Å². The van der Waals surface area contributed by atoms with Crippen molar-refractivity contribution in [3.63, 3.8) is 0 Å². The molecule has 0 atom stereocenters. The minimum atomic E-state index is 0.745. The number of nitrogens with one attached hydrogen (secondary N) is 1. The zero-order valence-corrected chi connectivity index (χ0v) is 12.7. The first-order valence-electron chi connectivity index (χ1n) is 7.64. The third-order valence-electron chi connectivity index (χ3n) is 3.13. The van der Waals surface area contributed by atoms with Gasteiger partial charge >= 0.3 is 0 Å². The van der Waals surface area contributed by atoms with E-state index in [0.717, 1.165) is 44.2 Å². The second-order valence-electron chi connectivity index (χ2n) is 5.51. The molecule has 108 valence electrons. The van der Waals surface area contributed by atoms with E-state index in [4.69, 9.17) is 4.74 Å². The van der Waals surface area contributed by atoms with E-state index < -0.39 is 0 Å². The summed E-state index contributed by atoms with van der Waals surface area (Å²) in [5, 5.41) is 3.47. The number of aryl methyl sites for hydroxylation is 1. The summed E-state index contributed by atoms with van der Waals surface area (Å²) in [6.07, 6.45) is 4.68. The molecule has 19 heavy (non-hydrogen) atoms. The van der Waals surface area contributed by atoms with E-state index in [-0.39, 0.29) is 0 Å². The number of rotatable bonds is 10. The molecule has 0 saturated heterocycles. The minimum absolute atomic E-state index is 0.745. The van der Waals surface area contributed by atoms with Gasteiger partial charge in [-0.1, -0.05) is 32.9 Å². The maximum Gasteiger partial charge on any atom is 0.119 e. The predicted molar refractivity (Wildman–Crippen MR) is 82.9 cm³/mol. The Labute approximate surface area is 118 Å². The minimum Gasteiger partial charge on any atom is -0.494 e. The summed E-state index contributed by atoms with van der Waals surface area (Å²) in [5.74, 6) is 1.76. The Morgan fingerprint density at radius 3 is 2.74 bits per heavy atom. The van der Waals surface area contributed by atoms with Crippen LogP contribution in [0.1, 0.15) is 45.6 Å². The third-order valence-corrected chi connectivity index (χ3v) is 3.13. The van der Waals surface area contributed by atoms with Gasteiger partial charge in [-0.25, -0.2) is 0 Å². The molecule has 0 spiro atoms. The fraction of sp³-hybridized carbons (Fsp3) is 0.647. The zero-order valence-electron chi connectivity index (χ0n) is 12.7. The van der Waals surface area contributed by atoms with Gasteiger partial charge in [-0.2, -0.15) is 0 Å². The Hall–Kier alpha value is -1.02. The molecule has 1 aromatic carbocycles. The van der Waals surface area contributed by atoms with E-state index in [9.17, 15) is 0 Å². The van der Waals surface area contributed by atoms with Crippen molar-refractivity contribution >= 4 is 0 Å². The van der Waals surface area contributed by atoms with Crippen LogP contribution >= 0.6 is 0 Å². The van der Waals surface area contributed by atoms with E-state index in [1.807, 2.05) is 6.07 Å². The zero-order chi connectivity index (χ0) is 13.9. The monoisotopic (exact) mass is 263 g/mol. The SMILES string of the molecule is CCc1cccc(OCCCCCNCC(C)C)c1. The number of unbranched alkanes of at least 4 members (excludes halogenated alkanes) is 2. The first kappa shape index (κ1) is 16.0. The van der Waals surface area contributed by atoms with Gasteiger partial charge in [-0.15, -0.1) is 0 Å². The summed E-state index contributed by atoms with van der Waals surface area (Å²) < 4.78 is 5.77. The van der Waals surface area contributed by atoms with Gasteiger partial charge in [0.15, 0.2) is 0 Å². The standard InChI is InChI=1S/C17H29NO/c1-4-16-9-8-10-17(13-16)19-12-7-5-6-11-18-14-15(2)3/h8-10,13,15,18H,4-7,11-12,14H2,1-3H3. The van der Waals surface area contributed by atoms with Crippen molar-refractivity contribution in [2.75, 3.05) is 19.7 Å². The lowest BCUT2D eigenvalue weighted by Crippen LogP contribution is -2.20. The smallest absolute Gasteiger partial charge is 0.119 e. The second kappa shape index (κ2) is 9.85. The van der Waals surface area contributed by atoms with Crippen LogP contribution in [-0.4, -0.2) is 19.7 Å². The maximum atomic E-state index is 5.77. The molecule has 1 N–H and O–H groups in total. The van der Waals surface area contributed by atoms with Gasteiger partial charge in [0.1, 0.15) is 5.75 Å². The molecule has 0 aliphatic heterocycles. The van der Waals surface area contributed by atoms with Gasteiger partial charge in [0, 0.05) is 0 Å². The summed E-state index contributed by atoms with van der Waals surface area (Å²) in [5.41, 5.74) is 1.34. The molecule has 2 nitrogen and oxygen atoms in total. The maximum absolute atomic E-state index is 5.77. The van der Waals surface area contributed by atoms with Crippen molar-refractivity contribution in [3.05, 3.63) is 29.8 Å². The highest BCUT2D eigenvalue weighted by atomic mass is 16.5. The summed E-state index contributed by atoms with van der Waals surface area (Å²) in [7, 11) is 0.